The van der Waals surface area contributed by atoms with Gasteiger partial charge in [0, 0.05) is 30.0 Å². The van der Waals surface area contributed by atoms with E-state index in [1.54, 1.807) is 30.5 Å². The number of nitrogens with zero attached hydrogens (tertiary/aromatic N) is 1. The number of pyridine rings is 1. The molecule has 0 saturated heterocycles. The molecule has 0 aliphatic heterocycles. The zero-order valence-corrected chi connectivity index (χ0v) is 19.2. The number of para-hydroxylation sites is 2. The van der Waals surface area contributed by atoms with Crippen LogP contribution in [-0.2, 0) is 15.0 Å². The van der Waals surface area contributed by atoms with Crippen molar-refractivity contribution in [3.8, 4) is 22.8 Å². The largest absolute Gasteiger partial charge is 0.427 e. The average Bonchev–Trinajstić information content (AvgIpc) is 3.18. The van der Waals surface area contributed by atoms with E-state index in [4.69, 9.17) is 9.47 Å². The van der Waals surface area contributed by atoms with Crippen molar-refractivity contribution < 1.29 is 19.1 Å². The lowest BCUT2D eigenvalue weighted by Crippen LogP contribution is -2.29. The van der Waals surface area contributed by atoms with Crippen molar-refractivity contribution in [3.05, 3.63) is 114 Å². The lowest BCUT2D eigenvalue weighted by Gasteiger charge is -2.31. The van der Waals surface area contributed by atoms with E-state index >= 15 is 0 Å². The molecule has 0 saturated carbocycles. The molecular weight excluding hydrogens is 438 g/mol. The molecule has 1 aliphatic carbocycles. The van der Waals surface area contributed by atoms with Crippen LogP contribution in [0.15, 0.2) is 103 Å². The number of carbonyl (C=O) groups excluding carboxylic acids is 2. The molecule has 0 spiro atoms. The monoisotopic (exact) mass is 463 g/mol. The van der Waals surface area contributed by atoms with Gasteiger partial charge in [-0.15, -0.1) is 0 Å². The predicted octanol–water partition coefficient (Wildman–Crippen LogP) is 6.12. The molecule has 4 aromatic rings. The summed E-state index contributed by atoms with van der Waals surface area (Å²) in [5.41, 5.74) is 3.49. The van der Waals surface area contributed by atoms with E-state index in [2.05, 4.69) is 11.1 Å². The summed E-state index contributed by atoms with van der Waals surface area (Å²) in [5, 5.41) is 0. The van der Waals surface area contributed by atoms with E-state index in [9.17, 15) is 9.59 Å². The molecule has 174 valence electrons. The summed E-state index contributed by atoms with van der Waals surface area (Å²) in [7, 11) is 0. The SMILES string of the molecule is O=C(CCC1(CCC(=O)Oc2ccccc2)c2ccccc2-c2ncccc21)Oc1ccccc1. The van der Waals surface area contributed by atoms with Crippen LogP contribution >= 0.6 is 0 Å². The summed E-state index contributed by atoms with van der Waals surface area (Å²) in [6, 6.07) is 30.2. The van der Waals surface area contributed by atoms with Crippen LogP contribution in [0.4, 0.5) is 0 Å². The highest BCUT2D eigenvalue weighted by Gasteiger charge is 2.44. The fourth-order valence-electron chi connectivity index (χ4n) is 4.89. The molecule has 5 nitrogen and oxygen atoms in total. The molecule has 0 atom stereocenters. The quantitative estimate of drug-likeness (QED) is 0.233. The zero-order valence-electron chi connectivity index (χ0n) is 19.2. The maximum atomic E-state index is 12.8. The summed E-state index contributed by atoms with van der Waals surface area (Å²) >= 11 is 0. The average molecular weight is 464 g/mol. The molecule has 5 rings (SSSR count). The van der Waals surface area contributed by atoms with Gasteiger partial charge in [0.25, 0.3) is 0 Å². The lowest BCUT2D eigenvalue weighted by atomic mass is 9.71. The van der Waals surface area contributed by atoms with Gasteiger partial charge in [-0.25, -0.2) is 0 Å². The summed E-state index contributed by atoms with van der Waals surface area (Å²) in [4.78, 5) is 30.2. The third-order valence-electron chi connectivity index (χ3n) is 6.48. The van der Waals surface area contributed by atoms with Crippen molar-refractivity contribution >= 4 is 11.9 Å². The minimum absolute atomic E-state index is 0.200. The van der Waals surface area contributed by atoms with Crippen molar-refractivity contribution in [2.75, 3.05) is 0 Å². The first-order chi connectivity index (χ1) is 17.2. The fourth-order valence-corrected chi connectivity index (χ4v) is 4.89. The number of hydrogen-bond acceptors (Lipinski definition) is 5. The van der Waals surface area contributed by atoms with Gasteiger partial charge in [0.05, 0.1) is 5.69 Å². The Morgan fingerprint density at radius 2 is 1.14 bits per heavy atom. The molecule has 1 aromatic heterocycles. The smallest absolute Gasteiger partial charge is 0.311 e. The first kappa shape index (κ1) is 22.5. The topological polar surface area (TPSA) is 65.5 Å². The van der Waals surface area contributed by atoms with Crippen LogP contribution < -0.4 is 9.47 Å². The number of aromatic nitrogens is 1. The minimum Gasteiger partial charge on any atom is -0.427 e. The molecule has 5 heteroatoms. The van der Waals surface area contributed by atoms with Gasteiger partial charge in [-0.1, -0.05) is 66.7 Å². The van der Waals surface area contributed by atoms with E-state index in [1.807, 2.05) is 66.7 Å². The molecule has 35 heavy (non-hydrogen) atoms. The molecule has 0 fully saturated rings. The van der Waals surface area contributed by atoms with Crippen molar-refractivity contribution in [2.45, 2.75) is 31.1 Å². The van der Waals surface area contributed by atoms with E-state index in [0.717, 1.165) is 22.4 Å². The Labute approximate surface area is 204 Å². The number of benzene rings is 3. The van der Waals surface area contributed by atoms with Gasteiger partial charge in [-0.05, 0) is 54.3 Å². The minimum atomic E-state index is -0.550. The van der Waals surface area contributed by atoms with Crippen LogP contribution in [0.1, 0.15) is 36.8 Å². The van der Waals surface area contributed by atoms with Crippen molar-refractivity contribution in [3.63, 3.8) is 0 Å². The molecule has 1 heterocycles. The van der Waals surface area contributed by atoms with Crippen LogP contribution in [0.25, 0.3) is 11.3 Å². The molecule has 0 N–H and O–H groups in total. The van der Waals surface area contributed by atoms with Gasteiger partial charge in [-0.2, -0.15) is 0 Å². The molecule has 3 aromatic carbocycles. The van der Waals surface area contributed by atoms with E-state index < -0.39 is 5.41 Å². The van der Waals surface area contributed by atoms with Gasteiger partial charge < -0.3 is 9.47 Å². The van der Waals surface area contributed by atoms with E-state index in [1.165, 1.54) is 0 Å². The Morgan fingerprint density at radius 1 is 0.629 bits per heavy atom. The maximum Gasteiger partial charge on any atom is 0.311 e. The van der Waals surface area contributed by atoms with Crippen molar-refractivity contribution in [1.29, 1.82) is 0 Å². The van der Waals surface area contributed by atoms with Crippen LogP contribution in [0.2, 0.25) is 0 Å². The molecule has 0 unspecified atom stereocenters. The molecule has 0 radical (unpaired) electrons. The molecule has 1 aliphatic rings. The van der Waals surface area contributed by atoms with Crippen LogP contribution in [0.3, 0.4) is 0 Å². The highest BCUT2D eigenvalue weighted by atomic mass is 16.5. The Morgan fingerprint density at radius 3 is 1.74 bits per heavy atom. The van der Waals surface area contributed by atoms with Gasteiger partial charge in [0.1, 0.15) is 11.5 Å². The number of rotatable bonds is 8. The Hall–Kier alpha value is -4.25. The van der Waals surface area contributed by atoms with E-state index in [0.29, 0.717) is 24.3 Å². The van der Waals surface area contributed by atoms with E-state index in [-0.39, 0.29) is 24.8 Å². The zero-order chi connectivity index (χ0) is 24.1. The van der Waals surface area contributed by atoms with Crippen LogP contribution in [-0.4, -0.2) is 16.9 Å². The number of carbonyl (C=O) groups is 2. The normalized spacial score (nSPS) is 12.9. The van der Waals surface area contributed by atoms with Crippen LogP contribution in [0, 0.1) is 0 Å². The molecule has 0 bridgehead atoms. The number of esters is 2. The van der Waals surface area contributed by atoms with Gasteiger partial charge in [-0.3, -0.25) is 14.6 Å². The highest BCUT2D eigenvalue weighted by Crippen LogP contribution is 2.52. The lowest BCUT2D eigenvalue weighted by molar-refractivity contribution is -0.134. The molecule has 0 amide bonds. The second-order valence-electron chi connectivity index (χ2n) is 8.60. The first-order valence-corrected chi connectivity index (χ1v) is 11.7. The number of hydrogen-bond donors (Lipinski definition) is 0. The Kier molecular flexibility index (Phi) is 6.40. The second-order valence-corrected chi connectivity index (χ2v) is 8.60. The number of ether oxygens (including phenoxy) is 2. The summed E-state index contributed by atoms with van der Waals surface area (Å²) in [6.07, 6.45) is 3.16. The Bertz CT molecular complexity index is 1230. The second kappa shape index (κ2) is 9.94. The fraction of sp³-hybridized carbons (Fsp3) is 0.167. The van der Waals surface area contributed by atoms with Crippen LogP contribution in [0.5, 0.6) is 11.5 Å². The van der Waals surface area contributed by atoms with Gasteiger partial charge in [0.2, 0.25) is 0 Å². The summed E-state index contributed by atoms with van der Waals surface area (Å²) in [6.45, 7) is 0. The third-order valence-corrected chi connectivity index (χ3v) is 6.48. The first-order valence-electron chi connectivity index (χ1n) is 11.7. The molecular formula is C30H25NO4. The maximum absolute atomic E-state index is 12.8. The number of fused-ring (bicyclic) bond motifs is 3. The highest BCUT2D eigenvalue weighted by molar-refractivity contribution is 5.80. The predicted molar refractivity (Wildman–Crippen MR) is 133 cm³/mol. The standard InChI is InChI=1S/C30H25NO4/c32-27(34-22-10-3-1-4-11-22)17-19-30(20-18-28(33)35-23-12-5-2-6-13-23)25-15-8-7-14-24(25)29-26(30)16-9-21-31-29/h1-16,21H,17-20H2. The van der Waals surface area contributed by atoms with Crippen molar-refractivity contribution in [1.82, 2.24) is 4.98 Å². The Balaban J connectivity index is 1.42. The van der Waals surface area contributed by atoms with Gasteiger partial charge in [0.15, 0.2) is 0 Å². The summed E-state index contributed by atoms with van der Waals surface area (Å²) < 4.78 is 11.1. The third kappa shape index (κ3) is 4.71. The van der Waals surface area contributed by atoms with Gasteiger partial charge >= 0.3 is 11.9 Å². The summed E-state index contributed by atoms with van der Waals surface area (Å²) in [5.74, 6) is 0.424. The van der Waals surface area contributed by atoms with Crippen molar-refractivity contribution in [2.24, 2.45) is 0 Å².